The number of benzene rings is 2. The van der Waals surface area contributed by atoms with Gasteiger partial charge in [-0.15, -0.1) is 0 Å². The molecule has 0 radical (unpaired) electrons. The summed E-state index contributed by atoms with van der Waals surface area (Å²) in [4.78, 5) is 35.5. The maximum Gasteiger partial charge on any atom is 0.330 e. The van der Waals surface area contributed by atoms with Crippen molar-refractivity contribution >= 4 is 17.5 Å². The molecule has 27 heavy (non-hydrogen) atoms. The van der Waals surface area contributed by atoms with Crippen molar-refractivity contribution in [2.75, 3.05) is 6.61 Å². The highest BCUT2D eigenvalue weighted by atomic mass is 16.5. The Morgan fingerprint density at radius 3 is 2.74 bits per heavy atom. The molecular formula is C22H18O5. The zero-order valence-electron chi connectivity index (χ0n) is 14.7. The Bertz CT molecular complexity index is 986. The Morgan fingerprint density at radius 1 is 1.07 bits per heavy atom. The lowest BCUT2D eigenvalue weighted by Crippen LogP contribution is -2.15. The highest BCUT2D eigenvalue weighted by Crippen LogP contribution is 2.41. The number of hydrogen-bond donors (Lipinski definition) is 0. The second-order valence-corrected chi connectivity index (χ2v) is 6.68. The van der Waals surface area contributed by atoms with Crippen LogP contribution < -0.4 is 4.74 Å². The fourth-order valence-electron chi connectivity index (χ4n) is 3.58. The third kappa shape index (κ3) is 3.16. The van der Waals surface area contributed by atoms with Gasteiger partial charge in [-0.25, -0.2) is 4.79 Å². The van der Waals surface area contributed by atoms with Crippen LogP contribution in [-0.2, 0) is 22.6 Å². The number of aryl methyl sites for hydroxylation is 1. The molecule has 0 aromatic heterocycles. The highest BCUT2D eigenvalue weighted by Gasteiger charge is 2.25. The van der Waals surface area contributed by atoms with Gasteiger partial charge in [0.05, 0.1) is 0 Å². The Balaban J connectivity index is 1.65. The molecular weight excluding hydrogens is 344 g/mol. The summed E-state index contributed by atoms with van der Waals surface area (Å²) < 4.78 is 10.7. The predicted octanol–water partition coefficient (Wildman–Crippen LogP) is 3.68. The standard InChI is InChI=1S/C22H18O5/c1-2-22(25)27-12-20(24)14-6-7-16-15(8-14)11-26-21-10-17-13(9-18(16)21)4-3-5-19(17)23/h2,6-10H,1,3-5,11-12H2. The lowest BCUT2D eigenvalue weighted by Gasteiger charge is -2.25. The van der Waals surface area contributed by atoms with Crippen molar-refractivity contribution in [2.45, 2.75) is 25.9 Å². The first kappa shape index (κ1) is 17.2. The first-order valence-electron chi connectivity index (χ1n) is 8.85. The smallest absolute Gasteiger partial charge is 0.330 e. The molecule has 0 saturated carbocycles. The van der Waals surface area contributed by atoms with Gasteiger partial charge in [0, 0.05) is 29.2 Å². The zero-order chi connectivity index (χ0) is 19.0. The molecule has 5 nitrogen and oxygen atoms in total. The lowest BCUT2D eigenvalue weighted by molar-refractivity contribution is -0.136. The SMILES string of the molecule is C=CC(=O)OCC(=O)c1ccc2c(c1)COc1cc3c(cc1-2)CCCC3=O. The van der Waals surface area contributed by atoms with Crippen molar-refractivity contribution < 1.29 is 23.9 Å². The van der Waals surface area contributed by atoms with Gasteiger partial charge in [0.25, 0.3) is 0 Å². The van der Waals surface area contributed by atoms with Gasteiger partial charge >= 0.3 is 5.97 Å². The number of carbonyl (C=O) groups excluding carboxylic acids is 3. The van der Waals surface area contributed by atoms with E-state index in [2.05, 4.69) is 6.58 Å². The molecule has 136 valence electrons. The minimum absolute atomic E-state index is 0.170. The van der Waals surface area contributed by atoms with Crippen LogP contribution in [0.2, 0.25) is 0 Å². The van der Waals surface area contributed by atoms with E-state index in [0.29, 0.717) is 24.3 Å². The minimum Gasteiger partial charge on any atom is -0.488 e. The third-order valence-corrected chi connectivity index (χ3v) is 4.97. The summed E-state index contributed by atoms with van der Waals surface area (Å²) in [6, 6.07) is 9.27. The average molecular weight is 362 g/mol. The van der Waals surface area contributed by atoms with E-state index in [9.17, 15) is 14.4 Å². The van der Waals surface area contributed by atoms with Gasteiger partial charge in [-0.2, -0.15) is 0 Å². The average Bonchev–Trinajstić information content (AvgIpc) is 2.70. The van der Waals surface area contributed by atoms with Gasteiger partial charge in [0.1, 0.15) is 12.4 Å². The van der Waals surface area contributed by atoms with Crippen LogP contribution in [0.3, 0.4) is 0 Å². The number of ether oxygens (including phenoxy) is 2. The molecule has 0 unspecified atom stereocenters. The van der Waals surface area contributed by atoms with Crippen molar-refractivity contribution in [2.24, 2.45) is 0 Å². The summed E-state index contributed by atoms with van der Waals surface area (Å²) in [5.74, 6) is -0.0355. The minimum atomic E-state index is -0.627. The monoisotopic (exact) mass is 362 g/mol. The van der Waals surface area contributed by atoms with Crippen LogP contribution in [0.5, 0.6) is 5.75 Å². The van der Waals surface area contributed by atoms with Crippen molar-refractivity contribution in [1.82, 2.24) is 0 Å². The molecule has 0 amide bonds. The second kappa shape index (κ2) is 6.83. The molecule has 0 atom stereocenters. The third-order valence-electron chi connectivity index (χ3n) is 4.97. The summed E-state index contributed by atoms with van der Waals surface area (Å²) in [6.07, 6.45) is 3.37. The maximum atomic E-state index is 12.2. The van der Waals surface area contributed by atoms with E-state index in [1.54, 1.807) is 12.1 Å². The summed E-state index contributed by atoms with van der Waals surface area (Å²) >= 11 is 0. The van der Waals surface area contributed by atoms with E-state index < -0.39 is 5.97 Å². The van der Waals surface area contributed by atoms with Crippen LogP contribution >= 0.6 is 0 Å². The predicted molar refractivity (Wildman–Crippen MR) is 99.0 cm³/mol. The molecule has 1 aliphatic heterocycles. The quantitative estimate of drug-likeness (QED) is 0.471. The fourth-order valence-corrected chi connectivity index (χ4v) is 3.58. The molecule has 0 fully saturated rings. The Hall–Kier alpha value is -3.21. The number of rotatable bonds is 4. The summed E-state index contributed by atoms with van der Waals surface area (Å²) in [5.41, 5.74) is 5.12. The van der Waals surface area contributed by atoms with Crippen molar-refractivity contribution in [3.63, 3.8) is 0 Å². The Labute approximate surface area is 156 Å². The topological polar surface area (TPSA) is 69.7 Å². The van der Waals surface area contributed by atoms with E-state index in [1.165, 1.54) is 0 Å². The summed E-state index contributed by atoms with van der Waals surface area (Å²) in [6.45, 7) is 3.30. The molecule has 1 heterocycles. The largest absolute Gasteiger partial charge is 0.488 e. The lowest BCUT2D eigenvalue weighted by atomic mass is 9.86. The molecule has 2 aliphatic rings. The highest BCUT2D eigenvalue weighted by molar-refractivity contribution is 6.01. The first-order chi connectivity index (χ1) is 13.1. The molecule has 0 N–H and O–H groups in total. The van der Waals surface area contributed by atoms with Gasteiger partial charge in [-0.05, 0) is 47.7 Å². The molecule has 4 rings (SSSR count). The van der Waals surface area contributed by atoms with Gasteiger partial charge in [-0.1, -0.05) is 18.7 Å². The number of carbonyl (C=O) groups is 3. The Kier molecular flexibility index (Phi) is 4.36. The number of fused-ring (bicyclic) bond motifs is 4. The number of ketones is 2. The van der Waals surface area contributed by atoms with Crippen LogP contribution in [0.25, 0.3) is 11.1 Å². The van der Waals surface area contributed by atoms with Crippen molar-refractivity contribution in [1.29, 1.82) is 0 Å². The summed E-state index contributed by atoms with van der Waals surface area (Å²) in [5, 5.41) is 0. The molecule has 2 aromatic carbocycles. The number of esters is 1. The molecule has 0 saturated heterocycles. The van der Waals surface area contributed by atoms with Gasteiger partial charge in [-0.3, -0.25) is 9.59 Å². The van der Waals surface area contributed by atoms with Gasteiger partial charge < -0.3 is 9.47 Å². The van der Waals surface area contributed by atoms with E-state index in [4.69, 9.17) is 9.47 Å². The van der Waals surface area contributed by atoms with E-state index in [1.807, 2.05) is 18.2 Å². The van der Waals surface area contributed by atoms with Gasteiger partial charge in [0.2, 0.25) is 0 Å². The maximum absolute atomic E-state index is 12.2. The molecule has 2 aromatic rings. The molecule has 0 bridgehead atoms. The van der Waals surface area contributed by atoms with Crippen LogP contribution in [0.15, 0.2) is 43.0 Å². The number of Topliss-reactive ketones (excluding diaryl/α,β-unsaturated/α-hetero) is 2. The van der Waals surface area contributed by atoms with Gasteiger partial charge in [0.15, 0.2) is 18.2 Å². The Morgan fingerprint density at radius 2 is 1.93 bits per heavy atom. The van der Waals surface area contributed by atoms with Crippen LogP contribution in [-0.4, -0.2) is 24.1 Å². The fraction of sp³-hybridized carbons (Fsp3) is 0.227. The molecule has 5 heteroatoms. The first-order valence-corrected chi connectivity index (χ1v) is 8.85. The number of hydrogen-bond acceptors (Lipinski definition) is 5. The summed E-state index contributed by atoms with van der Waals surface area (Å²) in [7, 11) is 0. The van der Waals surface area contributed by atoms with Crippen molar-refractivity contribution in [3.8, 4) is 16.9 Å². The molecule has 1 aliphatic carbocycles. The molecule has 0 spiro atoms. The van der Waals surface area contributed by atoms with Crippen LogP contribution in [0.1, 0.15) is 44.7 Å². The van der Waals surface area contributed by atoms with E-state index in [-0.39, 0.29) is 18.2 Å². The van der Waals surface area contributed by atoms with E-state index in [0.717, 1.165) is 46.7 Å². The van der Waals surface area contributed by atoms with Crippen LogP contribution in [0.4, 0.5) is 0 Å². The normalized spacial score (nSPS) is 14.3. The van der Waals surface area contributed by atoms with Crippen LogP contribution in [0, 0.1) is 0 Å². The second-order valence-electron chi connectivity index (χ2n) is 6.68. The van der Waals surface area contributed by atoms with E-state index >= 15 is 0 Å². The van der Waals surface area contributed by atoms with Crippen molar-refractivity contribution in [3.05, 3.63) is 65.2 Å². The zero-order valence-corrected chi connectivity index (χ0v) is 14.7.